The lowest BCUT2D eigenvalue weighted by Gasteiger charge is -2.17. The van der Waals surface area contributed by atoms with Crippen molar-refractivity contribution in [2.45, 2.75) is 14.4 Å². The van der Waals surface area contributed by atoms with Crippen molar-refractivity contribution in [2.24, 2.45) is 0 Å². The summed E-state index contributed by atoms with van der Waals surface area (Å²) in [5.41, 5.74) is 1.23. The molecular formula is C19H15ClS2. The third-order valence-corrected chi connectivity index (χ3v) is 5.97. The van der Waals surface area contributed by atoms with Crippen LogP contribution in [-0.2, 0) is 0 Å². The summed E-state index contributed by atoms with van der Waals surface area (Å²) >= 11 is 9.88. The SMILES string of the molecule is Clc1cccc(C(Sc2ccccc2)Sc2ccccc2)c1. The van der Waals surface area contributed by atoms with Crippen molar-refractivity contribution in [3.05, 3.63) is 95.5 Å². The Labute approximate surface area is 144 Å². The van der Waals surface area contributed by atoms with Gasteiger partial charge in [-0.2, -0.15) is 0 Å². The fraction of sp³-hybridized carbons (Fsp3) is 0.0526. The fourth-order valence-corrected chi connectivity index (χ4v) is 4.80. The van der Waals surface area contributed by atoms with Crippen LogP contribution in [0.4, 0.5) is 0 Å². The Morgan fingerprint density at radius 1 is 0.636 bits per heavy atom. The largest absolute Gasteiger partial charge is 0.106 e. The second-order valence-corrected chi connectivity index (χ2v) is 7.84. The second-order valence-electron chi connectivity index (χ2n) is 4.75. The van der Waals surface area contributed by atoms with E-state index in [4.69, 9.17) is 11.6 Å². The number of rotatable bonds is 5. The first-order valence-corrected chi connectivity index (χ1v) is 9.14. The number of halogens is 1. The Hall–Kier alpha value is -1.35. The van der Waals surface area contributed by atoms with E-state index in [1.165, 1.54) is 15.4 Å². The van der Waals surface area contributed by atoms with Gasteiger partial charge in [0.05, 0.1) is 4.58 Å². The smallest absolute Gasteiger partial charge is 0.0846 e. The van der Waals surface area contributed by atoms with E-state index in [1.54, 1.807) is 0 Å². The van der Waals surface area contributed by atoms with Gasteiger partial charge in [-0.3, -0.25) is 0 Å². The minimum absolute atomic E-state index is 0.267. The summed E-state index contributed by atoms with van der Waals surface area (Å²) in [6, 6.07) is 29.1. The second kappa shape index (κ2) is 7.77. The Morgan fingerprint density at radius 2 is 1.18 bits per heavy atom. The van der Waals surface area contributed by atoms with E-state index in [9.17, 15) is 0 Å². The zero-order valence-electron chi connectivity index (χ0n) is 11.9. The van der Waals surface area contributed by atoms with Gasteiger partial charge in [0, 0.05) is 14.8 Å². The number of hydrogen-bond donors (Lipinski definition) is 0. The molecule has 0 heterocycles. The Bertz CT molecular complexity index is 672. The molecule has 0 unspecified atom stereocenters. The highest BCUT2D eigenvalue weighted by molar-refractivity contribution is 8.16. The van der Waals surface area contributed by atoms with Gasteiger partial charge in [0.25, 0.3) is 0 Å². The molecule has 110 valence electrons. The van der Waals surface area contributed by atoms with Crippen LogP contribution in [-0.4, -0.2) is 0 Å². The van der Waals surface area contributed by atoms with Gasteiger partial charge in [-0.1, -0.05) is 60.1 Å². The zero-order valence-corrected chi connectivity index (χ0v) is 14.2. The molecule has 0 spiro atoms. The lowest BCUT2D eigenvalue weighted by Crippen LogP contribution is -1.90. The average molecular weight is 343 g/mol. The molecule has 0 saturated heterocycles. The van der Waals surface area contributed by atoms with E-state index in [2.05, 4.69) is 60.7 Å². The molecule has 3 heteroatoms. The quantitative estimate of drug-likeness (QED) is 0.364. The third-order valence-electron chi connectivity index (χ3n) is 3.09. The summed E-state index contributed by atoms with van der Waals surface area (Å²) in [6.45, 7) is 0. The lowest BCUT2D eigenvalue weighted by atomic mass is 10.2. The first-order chi connectivity index (χ1) is 10.8. The van der Waals surface area contributed by atoms with Crippen molar-refractivity contribution in [1.29, 1.82) is 0 Å². The molecular weight excluding hydrogens is 328 g/mol. The predicted octanol–water partition coefficient (Wildman–Crippen LogP) is 6.92. The molecule has 0 aliphatic carbocycles. The van der Waals surface area contributed by atoms with E-state index in [1.807, 2.05) is 47.8 Å². The number of thioether (sulfide) groups is 2. The summed E-state index contributed by atoms with van der Waals surface area (Å²) < 4.78 is 0.267. The molecule has 0 amide bonds. The molecule has 3 aromatic carbocycles. The highest BCUT2D eigenvalue weighted by Gasteiger charge is 2.15. The van der Waals surface area contributed by atoms with E-state index < -0.39 is 0 Å². The van der Waals surface area contributed by atoms with Gasteiger partial charge >= 0.3 is 0 Å². The van der Waals surface area contributed by atoms with Gasteiger partial charge in [-0.05, 0) is 42.0 Å². The highest BCUT2D eigenvalue weighted by Crippen LogP contribution is 2.47. The minimum atomic E-state index is 0.267. The van der Waals surface area contributed by atoms with Crippen LogP contribution < -0.4 is 0 Å². The van der Waals surface area contributed by atoms with Crippen LogP contribution in [0.25, 0.3) is 0 Å². The van der Waals surface area contributed by atoms with Gasteiger partial charge in [-0.15, -0.1) is 23.5 Å². The van der Waals surface area contributed by atoms with Gasteiger partial charge in [0.15, 0.2) is 0 Å². The minimum Gasteiger partial charge on any atom is -0.106 e. The molecule has 0 aliphatic rings. The third kappa shape index (κ3) is 4.33. The maximum atomic E-state index is 6.18. The monoisotopic (exact) mass is 342 g/mol. The van der Waals surface area contributed by atoms with Crippen molar-refractivity contribution in [1.82, 2.24) is 0 Å². The molecule has 0 atom stereocenters. The van der Waals surface area contributed by atoms with Gasteiger partial charge in [0.1, 0.15) is 0 Å². The average Bonchev–Trinajstić information content (AvgIpc) is 2.56. The Balaban J connectivity index is 1.88. The van der Waals surface area contributed by atoms with Gasteiger partial charge in [0.2, 0.25) is 0 Å². The fourth-order valence-electron chi connectivity index (χ4n) is 2.06. The molecule has 0 saturated carbocycles. The molecule has 22 heavy (non-hydrogen) atoms. The summed E-state index contributed by atoms with van der Waals surface area (Å²) in [7, 11) is 0. The summed E-state index contributed by atoms with van der Waals surface area (Å²) in [5.74, 6) is 0. The zero-order chi connectivity index (χ0) is 15.2. The summed E-state index contributed by atoms with van der Waals surface area (Å²) in [4.78, 5) is 2.52. The van der Waals surface area contributed by atoms with Crippen LogP contribution in [0, 0.1) is 0 Å². The van der Waals surface area contributed by atoms with Gasteiger partial charge < -0.3 is 0 Å². The molecule has 0 bridgehead atoms. The first-order valence-electron chi connectivity index (χ1n) is 7.00. The van der Waals surface area contributed by atoms with Crippen molar-refractivity contribution in [2.75, 3.05) is 0 Å². The van der Waals surface area contributed by atoms with Crippen LogP contribution in [0.5, 0.6) is 0 Å². The maximum absolute atomic E-state index is 6.18. The normalized spacial score (nSPS) is 10.8. The lowest BCUT2D eigenvalue weighted by molar-refractivity contribution is 1.33. The number of hydrogen-bond acceptors (Lipinski definition) is 2. The van der Waals surface area contributed by atoms with Crippen molar-refractivity contribution < 1.29 is 0 Å². The Kier molecular flexibility index (Phi) is 5.49. The first kappa shape index (κ1) is 15.5. The summed E-state index contributed by atoms with van der Waals surface area (Å²) in [6.07, 6.45) is 0. The highest BCUT2D eigenvalue weighted by atomic mass is 35.5. The summed E-state index contributed by atoms with van der Waals surface area (Å²) in [5, 5.41) is 0.782. The molecule has 0 radical (unpaired) electrons. The molecule has 0 fully saturated rings. The molecule has 0 N–H and O–H groups in total. The van der Waals surface area contributed by atoms with Crippen molar-refractivity contribution >= 4 is 35.1 Å². The molecule has 0 aromatic heterocycles. The van der Waals surface area contributed by atoms with E-state index in [-0.39, 0.29) is 4.58 Å². The topological polar surface area (TPSA) is 0 Å². The van der Waals surface area contributed by atoms with Crippen LogP contribution in [0.2, 0.25) is 5.02 Å². The van der Waals surface area contributed by atoms with Crippen molar-refractivity contribution in [3.63, 3.8) is 0 Å². The molecule has 0 aliphatic heterocycles. The van der Waals surface area contributed by atoms with Crippen LogP contribution in [0.1, 0.15) is 10.1 Å². The number of benzene rings is 3. The van der Waals surface area contributed by atoms with Crippen LogP contribution in [0.3, 0.4) is 0 Å². The van der Waals surface area contributed by atoms with Crippen LogP contribution >= 0.6 is 35.1 Å². The van der Waals surface area contributed by atoms with Crippen LogP contribution in [0.15, 0.2) is 94.7 Å². The van der Waals surface area contributed by atoms with E-state index in [0.717, 1.165) is 5.02 Å². The van der Waals surface area contributed by atoms with Gasteiger partial charge in [-0.25, -0.2) is 0 Å². The standard InChI is InChI=1S/C19H15ClS2/c20-16-9-7-8-15(14-16)19(21-17-10-3-1-4-11-17)22-18-12-5-2-6-13-18/h1-14,19H. The predicted molar refractivity (Wildman–Crippen MR) is 98.8 cm³/mol. The van der Waals surface area contributed by atoms with E-state index in [0.29, 0.717) is 0 Å². The molecule has 3 rings (SSSR count). The van der Waals surface area contributed by atoms with Crippen molar-refractivity contribution in [3.8, 4) is 0 Å². The molecule has 0 nitrogen and oxygen atoms in total. The van der Waals surface area contributed by atoms with E-state index >= 15 is 0 Å². The maximum Gasteiger partial charge on any atom is 0.0846 e. The Morgan fingerprint density at radius 3 is 1.68 bits per heavy atom. The molecule has 3 aromatic rings.